The van der Waals surface area contributed by atoms with Gasteiger partial charge in [0.2, 0.25) is 0 Å². The van der Waals surface area contributed by atoms with Crippen LogP contribution in [0.2, 0.25) is 0 Å². The summed E-state index contributed by atoms with van der Waals surface area (Å²) < 4.78 is 4.36. The third-order valence-corrected chi connectivity index (χ3v) is 10.9. The van der Waals surface area contributed by atoms with Gasteiger partial charge < -0.3 is 35.4 Å². The van der Waals surface area contributed by atoms with Crippen LogP contribution in [0, 0.1) is 16.2 Å². The van der Waals surface area contributed by atoms with Crippen molar-refractivity contribution in [2.75, 3.05) is 39.6 Å². The zero-order valence-corrected chi connectivity index (χ0v) is 30.5. The Hall–Kier alpha value is -0.960. The second kappa shape index (κ2) is 31.1. The molecule has 47 heavy (non-hydrogen) atoms. The molecule has 0 aliphatic heterocycles. The SMILES string of the molecule is C=COC=C.OCC1(CO)CCCCCCCCC1.OCC1(CO)CCCCCCCCC1.OCC1(CO)CCCCCCCCC1. The Bertz CT molecular complexity index is 563. The number of hydrogen-bond acceptors (Lipinski definition) is 7. The molecule has 0 aromatic carbocycles. The number of hydrogen-bond donors (Lipinski definition) is 6. The van der Waals surface area contributed by atoms with Crippen LogP contribution in [-0.2, 0) is 4.74 Å². The topological polar surface area (TPSA) is 131 Å². The van der Waals surface area contributed by atoms with Crippen molar-refractivity contribution in [3.63, 3.8) is 0 Å². The minimum Gasteiger partial charge on any atom is -0.474 e. The molecule has 0 radical (unpaired) electrons. The number of ether oxygens (including phenoxy) is 1. The molecule has 0 amide bonds. The molecule has 3 saturated carbocycles. The molecule has 0 spiro atoms. The predicted octanol–water partition coefficient (Wildman–Crippen LogP) is 8.74. The third kappa shape index (κ3) is 22.4. The van der Waals surface area contributed by atoms with E-state index in [9.17, 15) is 30.6 Å². The van der Waals surface area contributed by atoms with Crippen LogP contribution in [0.15, 0.2) is 25.7 Å². The van der Waals surface area contributed by atoms with Crippen LogP contribution in [0.4, 0.5) is 0 Å². The van der Waals surface area contributed by atoms with Crippen molar-refractivity contribution in [1.29, 1.82) is 0 Å². The first kappa shape index (κ1) is 46.0. The van der Waals surface area contributed by atoms with Crippen molar-refractivity contribution in [1.82, 2.24) is 0 Å². The van der Waals surface area contributed by atoms with E-state index in [1.165, 1.54) is 147 Å². The van der Waals surface area contributed by atoms with Gasteiger partial charge in [-0.05, 0) is 38.5 Å². The van der Waals surface area contributed by atoms with Gasteiger partial charge in [0.25, 0.3) is 0 Å². The highest BCUT2D eigenvalue weighted by Crippen LogP contribution is 2.34. The van der Waals surface area contributed by atoms with Crippen molar-refractivity contribution in [3.8, 4) is 0 Å². The van der Waals surface area contributed by atoms with Gasteiger partial charge in [0.05, 0.1) is 52.2 Å². The molecular formula is C40H78O7. The molecular weight excluding hydrogens is 592 g/mol. The lowest BCUT2D eigenvalue weighted by atomic mass is 9.78. The first-order chi connectivity index (χ1) is 22.9. The maximum absolute atomic E-state index is 9.36. The van der Waals surface area contributed by atoms with Crippen LogP contribution in [-0.4, -0.2) is 70.3 Å². The second-order valence-electron chi connectivity index (χ2n) is 14.8. The molecule has 3 aliphatic carbocycles. The number of aliphatic hydroxyl groups is 6. The minimum absolute atomic E-state index is 0.156. The van der Waals surface area contributed by atoms with Gasteiger partial charge in [-0.15, -0.1) is 0 Å². The molecule has 0 heterocycles. The normalized spacial score (nSPS) is 22.4. The van der Waals surface area contributed by atoms with E-state index in [0.717, 1.165) is 38.5 Å². The van der Waals surface area contributed by atoms with E-state index in [1.54, 1.807) is 0 Å². The minimum atomic E-state index is -0.169. The van der Waals surface area contributed by atoms with E-state index in [0.29, 0.717) is 0 Å². The Balaban J connectivity index is 0.000000629. The van der Waals surface area contributed by atoms with E-state index >= 15 is 0 Å². The highest BCUT2D eigenvalue weighted by atomic mass is 16.5. The van der Waals surface area contributed by atoms with Crippen LogP contribution in [0.1, 0.15) is 173 Å². The molecule has 0 saturated heterocycles. The zero-order chi connectivity index (χ0) is 35.0. The average molecular weight is 671 g/mol. The maximum Gasteiger partial charge on any atom is 0.0829 e. The van der Waals surface area contributed by atoms with Gasteiger partial charge in [0.15, 0.2) is 0 Å². The van der Waals surface area contributed by atoms with Crippen molar-refractivity contribution in [2.24, 2.45) is 16.2 Å². The number of rotatable bonds is 8. The molecule has 6 N–H and O–H groups in total. The summed E-state index contributed by atoms with van der Waals surface area (Å²) in [5.74, 6) is 0. The Labute approximate surface area is 289 Å². The summed E-state index contributed by atoms with van der Waals surface area (Å²) in [5.41, 5.74) is -0.508. The van der Waals surface area contributed by atoms with E-state index in [2.05, 4.69) is 17.9 Å². The van der Waals surface area contributed by atoms with Crippen molar-refractivity contribution in [3.05, 3.63) is 25.7 Å². The molecule has 280 valence electrons. The fourth-order valence-corrected chi connectivity index (χ4v) is 7.19. The second-order valence-corrected chi connectivity index (χ2v) is 14.8. The first-order valence-corrected chi connectivity index (χ1v) is 19.4. The summed E-state index contributed by atoms with van der Waals surface area (Å²) in [7, 11) is 0. The first-order valence-electron chi connectivity index (χ1n) is 19.4. The van der Waals surface area contributed by atoms with Gasteiger partial charge in [-0.1, -0.05) is 148 Å². The predicted molar refractivity (Wildman–Crippen MR) is 196 cm³/mol. The van der Waals surface area contributed by atoms with E-state index < -0.39 is 0 Å². The van der Waals surface area contributed by atoms with E-state index in [1.807, 2.05) is 0 Å². The highest BCUT2D eigenvalue weighted by molar-refractivity contribution is 4.80. The lowest BCUT2D eigenvalue weighted by Gasteiger charge is -2.30. The summed E-state index contributed by atoms with van der Waals surface area (Å²) in [6.45, 7) is 7.45. The molecule has 0 unspecified atom stereocenters. The van der Waals surface area contributed by atoms with Gasteiger partial charge in [0, 0.05) is 16.2 Å². The Morgan fingerprint density at radius 3 is 0.574 bits per heavy atom. The number of aliphatic hydroxyl groups excluding tert-OH is 6. The van der Waals surface area contributed by atoms with Gasteiger partial charge >= 0.3 is 0 Å². The lowest BCUT2D eigenvalue weighted by molar-refractivity contribution is 0.0343. The summed E-state index contributed by atoms with van der Waals surface area (Å²) >= 11 is 0. The Morgan fingerprint density at radius 1 is 0.319 bits per heavy atom. The third-order valence-electron chi connectivity index (χ3n) is 10.9. The van der Waals surface area contributed by atoms with Crippen LogP contribution in [0.5, 0.6) is 0 Å². The summed E-state index contributed by atoms with van der Waals surface area (Å²) in [4.78, 5) is 0. The fourth-order valence-electron chi connectivity index (χ4n) is 7.19. The molecule has 3 aliphatic rings. The van der Waals surface area contributed by atoms with Crippen LogP contribution in [0.25, 0.3) is 0 Å². The van der Waals surface area contributed by atoms with Gasteiger partial charge in [-0.2, -0.15) is 0 Å². The van der Waals surface area contributed by atoms with E-state index in [4.69, 9.17) is 0 Å². The van der Waals surface area contributed by atoms with Gasteiger partial charge in [-0.25, -0.2) is 0 Å². The Kier molecular flexibility index (Phi) is 30.4. The molecule has 0 atom stereocenters. The Morgan fingerprint density at radius 2 is 0.468 bits per heavy atom. The summed E-state index contributed by atoms with van der Waals surface area (Å²) in [6, 6.07) is 0. The van der Waals surface area contributed by atoms with Gasteiger partial charge in [0.1, 0.15) is 0 Å². The van der Waals surface area contributed by atoms with Crippen molar-refractivity contribution >= 4 is 0 Å². The summed E-state index contributed by atoms with van der Waals surface area (Å²) in [6.07, 6.45) is 35.3. The zero-order valence-electron chi connectivity index (χ0n) is 30.5. The average Bonchev–Trinajstić information content (AvgIpc) is 3.12. The molecule has 0 aromatic heterocycles. The highest BCUT2D eigenvalue weighted by Gasteiger charge is 2.29. The summed E-state index contributed by atoms with van der Waals surface area (Å²) in [5, 5.41) is 56.2. The smallest absolute Gasteiger partial charge is 0.0829 e. The molecule has 0 bridgehead atoms. The van der Waals surface area contributed by atoms with Crippen LogP contribution >= 0.6 is 0 Å². The van der Waals surface area contributed by atoms with Crippen molar-refractivity contribution < 1.29 is 35.4 Å². The quantitative estimate of drug-likeness (QED) is 0.142. The monoisotopic (exact) mass is 671 g/mol. The van der Waals surface area contributed by atoms with Crippen LogP contribution < -0.4 is 0 Å². The molecule has 0 aromatic rings. The van der Waals surface area contributed by atoms with Gasteiger partial charge in [-0.3, -0.25) is 0 Å². The molecule has 7 nitrogen and oxygen atoms in total. The van der Waals surface area contributed by atoms with Crippen molar-refractivity contribution in [2.45, 2.75) is 173 Å². The standard InChI is InChI=1S/3C12H24O2.C4H6O/c3*13-10-12(11-14)8-6-4-2-1-3-5-7-9-12;1-3-5-4-2/h3*13-14H,1-11H2;3-4H,1-2H2. The van der Waals surface area contributed by atoms with Crippen LogP contribution in [0.3, 0.4) is 0 Å². The lowest BCUT2D eigenvalue weighted by Crippen LogP contribution is -2.30. The molecule has 3 fully saturated rings. The largest absolute Gasteiger partial charge is 0.474 e. The maximum atomic E-state index is 9.36. The fraction of sp³-hybridized carbons (Fsp3) is 0.900. The van der Waals surface area contributed by atoms with E-state index in [-0.39, 0.29) is 55.9 Å². The molecule has 3 rings (SSSR count). The molecule has 7 heteroatoms.